The van der Waals surface area contributed by atoms with Crippen LogP contribution in [0.3, 0.4) is 0 Å². The third-order valence-electron chi connectivity index (χ3n) is 4.12. The maximum Gasteiger partial charge on any atom is 0.125 e. The van der Waals surface area contributed by atoms with Crippen molar-refractivity contribution in [3.05, 3.63) is 65.7 Å². The summed E-state index contributed by atoms with van der Waals surface area (Å²) in [6, 6.07) is 18.1. The number of ether oxygens (including phenoxy) is 1. The summed E-state index contributed by atoms with van der Waals surface area (Å²) in [5.41, 5.74) is 4.30. The number of hydrogen-bond donors (Lipinski definition) is 2. The molecular formula is C20H23N3O2. The molecule has 0 unspecified atom stereocenters. The van der Waals surface area contributed by atoms with Gasteiger partial charge in [-0.3, -0.25) is 0 Å². The summed E-state index contributed by atoms with van der Waals surface area (Å²) in [7, 11) is 1.66. The number of aromatic nitrogens is 2. The zero-order valence-corrected chi connectivity index (χ0v) is 14.6. The van der Waals surface area contributed by atoms with Crippen molar-refractivity contribution in [2.24, 2.45) is 0 Å². The minimum absolute atomic E-state index is 0.0444. The largest absolute Gasteiger partial charge is 0.497 e. The number of aryl methyl sites for hydroxylation is 1. The third kappa shape index (κ3) is 4.00. The van der Waals surface area contributed by atoms with Crippen LogP contribution in [0, 0.1) is 6.92 Å². The van der Waals surface area contributed by atoms with Crippen molar-refractivity contribution in [1.82, 2.24) is 9.78 Å². The zero-order valence-electron chi connectivity index (χ0n) is 14.6. The van der Waals surface area contributed by atoms with E-state index in [1.54, 1.807) is 7.11 Å². The number of aliphatic hydroxyl groups excluding tert-OH is 1. The summed E-state index contributed by atoms with van der Waals surface area (Å²) >= 11 is 0. The van der Waals surface area contributed by atoms with Crippen molar-refractivity contribution in [3.8, 4) is 17.0 Å². The van der Waals surface area contributed by atoms with E-state index in [0.29, 0.717) is 13.1 Å². The molecule has 0 saturated heterocycles. The molecular weight excluding hydrogens is 314 g/mol. The van der Waals surface area contributed by atoms with Gasteiger partial charge < -0.3 is 15.2 Å². The smallest absolute Gasteiger partial charge is 0.125 e. The van der Waals surface area contributed by atoms with Crippen LogP contribution in [0.5, 0.6) is 5.75 Å². The van der Waals surface area contributed by atoms with E-state index in [4.69, 9.17) is 4.74 Å². The van der Waals surface area contributed by atoms with Gasteiger partial charge in [0, 0.05) is 18.2 Å². The standard InChI is InChI=1S/C20H23N3O2/c1-15-6-3-4-9-18(15)19-13-20(23(22-19)10-11-24)21-14-16-7-5-8-17(12-16)25-2/h3-9,12-13,21,24H,10-11,14H2,1-2H3. The molecule has 3 aromatic rings. The quantitative estimate of drug-likeness (QED) is 0.693. The molecule has 0 spiro atoms. The Hall–Kier alpha value is -2.79. The molecule has 0 atom stereocenters. The first kappa shape index (κ1) is 17.0. The van der Waals surface area contributed by atoms with Gasteiger partial charge in [0.15, 0.2) is 0 Å². The van der Waals surface area contributed by atoms with Crippen LogP contribution in [0.25, 0.3) is 11.3 Å². The van der Waals surface area contributed by atoms with E-state index in [1.165, 1.54) is 5.56 Å². The van der Waals surface area contributed by atoms with E-state index in [0.717, 1.165) is 28.4 Å². The monoisotopic (exact) mass is 337 g/mol. The molecule has 2 aromatic carbocycles. The normalized spacial score (nSPS) is 10.7. The van der Waals surface area contributed by atoms with E-state index in [2.05, 4.69) is 29.5 Å². The molecule has 0 fully saturated rings. The molecule has 0 aliphatic heterocycles. The maximum absolute atomic E-state index is 9.33. The summed E-state index contributed by atoms with van der Waals surface area (Å²) < 4.78 is 7.07. The Labute approximate surface area is 147 Å². The minimum atomic E-state index is 0.0444. The van der Waals surface area contributed by atoms with Crippen molar-refractivity contribution in [2.45, 2.75) is 20.0 Å². The predicted octanol–water partition coefficient (Wildman–Crippen LogP) is 3.47. The van der Waals surface area contributed by atoms with E-state index in [-0.39, 0.29) is 6.61 Å². The molecule has 0 saturated carbocycles. The van der Waals surface area contributed by atoms with Crippen molar-refractivity contribution in [2.75, 3.05) is 19.0 Å². The number of methoxy groups -OCH3 is 1. The number of nitrogens with one attached hydrogen (secondary N) is 1. The first-order chi connectivity index (χ1) is 12.2. The summed E-state index contributed by atoms with van der Waals surface area (Å²) in [5.74, 6) is 1.72. The van der Waals surface area contributed by atoms with Crippen LogP contribution in [0.2, 0.25) is 0 Å². The molecule has 0 bridgehead atoms. The van der Waals surface area contributed by atoms with Gasteiger partial charge in [-0.05, 0) is 30.2 Å². The van der Waals surface area contributed by atoms with Gasteiger partial charge in [0.1, 0.15) is 11.6 Å². The molecule has 3 rings (SSSR count). The van der Waals surface area contributed by atoms with Gasteiger partial charge in [0.2, 0.25) is 0 Å². The van der Waals surface area contributed by atoms with Crippen molar-refractivity contribution < 1.29 is 9.84 Å². The lowest BCUT2D eigenvalue weighted by atomic mass is 10.1. The maximum atomic E-state index is 9.33. The third-order valence-corrected chi connectivity index (χ3v) is 4.12. The number of aliphatic hydroxyl groups is 1. The molecule has 1 heterocycles. The minimum Gasteiger partial charge on any atom is -0.497 e. The highest BCUT2D eigenvalue weighted by atomic mass is 16.5. The molecule has 1 aromatic heterocycles. The van der Waals surface area contributed by atoms with Crippen molar-refractivity contribution in [3.63, 3.8) is 0 Å². The Morgan fingerprint density at radius 2 is 1.96 bits per heavy atom. The molecule has 5 nitrogen and oxygen atoms in total. The Kier molecular flexibility index (Phi) is 5.36. The number of benzene rings is 2. The fraction of sp³-hybridized carbons (Fsp3) is 0.250. The fourth-order valence-corrected chi connectivity index (χ4v) is 2.79. The number of rotatable bonds is 7. The van der Waals surface area contributed by atoms with Crippen LogP contribution in [-0.4, -0.2) is 28.6 Å². The highest BCUT2D eigenvalue weighted by Crippen LogP contribution is 2.25. The molecule has 130 valence electrons. The van der Waals surface area contributed by atoms with Gasteiger partial charge in [-0.2, -0.15) is 5.10 Å². The van der Waals surface area contributed by atoms with Crippen molar-refractivity contribution in [1.29, 1.82) is 0 Å². The van der Waals surface area contributed by atoms with Gasteiger partial charge in [-0.1, -0.05) is 36.4 Å². The van der Waals surface area contributed by atoms with E-state index < -0.39 is 0 Å². The number of nitrogens with zero attached hydrogens (tertiary/aromatic N) is 2. The molecule has 5 heteroatoms. The van der Waals surface area contributed by atoms with Crippen LogP contribution < -0.4 is 10.1 Å². The fourth-order valence-electron chi connectivity index (χ4n) is 2.79. The Balaban J connectivity index is 1.83. The van der Waals surface area contributed by atoms with Crippen molar-refractivity contribution >= 4 is 5.82 Å². The Morgan fingerprint density at radius 3 is 2.72 bits per heavy atom. The summed E-state index contributed by atoms with van der Waals surface area (Å²) in [5, 5.41) is 17.4. The average Bonchev–Trinajstić information content (AvgIpc) is 3.03. The second-order valence-corrected chi connectivity index (χ2v) is 5.88. The highest BCUT2D eigenvalue weighted by Gasteiger charge is 2.11. The van der Waals surface area contributed by atoms with Gasteiger partial charge in [0.25, 0.3) is 0 Å². The molecule has 2 N–H and O–H groups in total. The van der Waals surface area contributed by atoms with Crippen LogP contribution >= 0.6 is 0 Å². The summed E-state index contributed by atoms with van der Waals surface area (Å²) in [6.07, 6.45) is 0. The van der Waals surface area contributed by atoms with Gasteiger partial charge >= 0.3 is 0 Å². The van der Waals surface area contributed by atoms with Gasteiger partial charge in [-0.25, -0.2) is 4.68 Å². The van der Waals surface area contributed by atoms with Gasteiger partial charge in [0.05, 0.1) is 26.0 Å². The van der Waals surface area contributed by atoms with Crippen LogP contribution in [-0.2, 0) is 13.1 Å². The first-order valence-corrected chi connectivity index (χ1v) is 8.33. The molecule has 0 aliphatic carbocycles. The number of hydrogen-bond acceptors (Lipinski definition) is 4. The first-order valence-electron chi connectivity index (χ1n) is 8.33. The lowest BCUT2D eigenvalue weighted by Gasteiger charge is -2.09. The Morgan fingerprint density at radius 1 is 1.12 bits per heavy atom. The van der Waals surface area contributed by atoms with E-state index in [9.17, 15) is 5.11 Å². The van der Waals surface area contributed by atoms with Crippen LogP contribution in [0.15, 0.2) is 54.6 Å². The lowest BCUT2D eigenvalue weighted by Crippen LogP contribution is -2.10. The summed E-state index contributed by atoms with van der Waals surface area (Å²) in [6.45, 7) is 3.22. The second-order valence-electron chi connectivity index (χ2n) is 5.88. The van der Waals surface area contributed by atoms with Crippen LogP contribution in [0.4, 0.5) is 5.82 Å². The second kappa shape index (κ2) is 7.85. The Bertz CT molecular complexity index is 842. The zero-order chi connectivity index (χ0) is 17.6. The molecule has 0 amide bonds. The molecule has 25 heavy (non-hydrogen) atoms. The van der Waals surface area contributed by atoms with Crippen LogP contribution in [0.1, 0.15) is 11.1 Å². The van der Waals surface area contributed by atoms with E-state index in [1.807, 2.05) is 47.1 Å². The topological polar surface area (TPSA) is 59.3 Å². The summed E-state index contributed by atoms with van der Waals surface area (Å²) in [4.78, 5) is 0. The highest BCUT2D eigenvalue weighted by molar-refractivity contribution is 5.66. The molecule has 0 radical (unpaired) electrons. The lowest BCUT2D eigenvalue weighted by molar-refractivity contribution is 0.270. The van der Waals surface area contributed by atoms with E-state index >= 15 is 0 Å². The SMILES string of the molecule is COc1cccc(CNc2cc(-c3ccccc3C)nn2CCO)c1. The molecule has 0 aliphatic rings. The predicted molar refractivity (Wildman–Crippen MR) is 99.8 cm³/mol. The number of anilines is 1. The average molecular weight is 337 g/mol. The van der Waals surface area contributed by atoms with Gasteiger partial charge in [-0.15, -0.1) is 0 Å².